The van der Waals surface area contributed by atoms with Gasteiger partial charge in [0.2, 0.25) is 0 Å². The van der Waals surface area contributed by atoms with Crippen LogP contribution in [0, 0.1) is 5.92 Å². The summed E-state index contributed by atoms with van der Waals surface area (Å²) in [6, 6.07) is 0. The molecule has 2 rings (SSSR count). The minimum atomic E-state index is 0.0200. The lowest BCUT2D eigenvalue weighted by Crippen LogP contribution is -2.25. The molecule has 0 amide bonds. The summed E-state index contributed by atoms with van der Waals surface area (Å²) in [6.07, 6.45) is 2.33. The molecule has 3 N–H and O–H groups in total. The number of hydrogen-bond acceptors (Lipinski definition) is 4. The van der Waals surface area contributed by atoms with Crippen molar-refractivity contribution in [3.05, 3.63) is 0 Å². The molecule has 0 aromatic carbocycles. The molecule has 2 aliphatic heterocycles. The van der Waals surface area contributed by atoms with Crippen molar-refractivity contribution in [1.29, 1.82) is 0 Å². The van der Waals surface area contributed by atoms with Gasteiger partial charge in [0.05, 0.1) is 12.7 Å². The number of nitrogens with one attached hydrogen (secondary N) is 1. The molecular weight excluding hydrogens is 168 g/mol. The Hall–Kier alpha value is -0.160. The van der Waals surface area contributed by atoms with Gasteiger partial charge in [-0.15, -0.1) is 0 Å². The highest BCUT2D eigenvalue weighted by Gasteiger charge is 2.33. The lowest BCUT2D eigenvalue weighted by atomic mass is 10.1. The number of rotatable bonds is 3. The second-order valence-corrected chi connectivity index (χ2v) is 3.79. The molecule has 13 heavy (non-hydrogen) atoms. The van der Waals surface area contributed by atoms with E-state index in [2.05, 4.69) is 5.32 Å². The Labute approximate surface area is 78.8 Å². The Morgan fingerprint density at radius 2 is 2.38 bits per heavy atom. The van der Waals surface area contributed by atoms with Gasteiger partial charge in [-0.05, 0) is 25.9 Å². The lowest BCUT2D eigenvalue weighted by molar-refractivity contribution is -0.0915. The quantitative estimate of drug-likeness (QED) is 0.634. The van der Waals surface area contributed by atoms with E-state index in [9.17, 15) is 0 Å². The summed E-state index contributed by atoms with van der Waals surface area (Å²) in [5.41, 5.74) is 5.46. The van der Waals surface area contributed by atoms with E-state index in [4.69, 9.17) is 15.2 Å². The molecule has 76 valence electrons. The zero-order valence-corrected chi connectivity index (χ0v) is 7.87. The van der Waals surface area contributed by atoms with Crippen molar-refractivity contribution in [3.63, 3.8) is 0 Å². The van der Waals surface area contributed by atoms with Crippen LogP contribution in [-0.4, -0.2) is 38.6 Å². The predicted molar refractivity (Wildman–Crippen MR) is 49.3 cm³/mol. The Morgan fingerprint density at radius 1 is 1.46 bits per heavy atom. The minimum absolute atomic E-state index is 0.0200. The van der Waals surface area contributed by atoms with Crippen molar-refractivity contribution in [2.75, 3.05) is 26.2 Å². The topological polar surface area (TPSA) is 56.5 Å². The van der Waals surface area contributed by atoms with E-state index < -0.39 is 0 Å². The van der Waals surface area contributed by atoms with Crippen LogP contribution < -0.4 is 11.1 Å². The van der Waals surface area contributed by atoms with Crippen LogP contribution in [0.5, 0.6) is 0 Å². The van der Waals surface area contributed by atoms with Crippen LogP contribution in [0.1, 0.15) is 12.8 Å². The van der Waals surface area contributed by atoms with Crippen molar-refractivity contribution >= 4 is 0 Å². The van der Waals surface area contributed by atoms with Crippen molar-refractivity contribution in [2.24, 2.45) is 11.7 Å². The first-order chi connectivity index (χ1) is 6.40. The summed E-state index contributed by atoms with van der Waals surface area (Å²) >= 11 is 0. The van der Waals surface area contributed by atoms with Gasteiger partial charge >= 0.3 is 0 Å². The zero-order chi connectivity index (χ0) is 9.10. The van der Waals surface area contributed by atoms with E-state index in [1.807, 2.05) is 0 Å². The van der Waals surface area contributed by atoms with Gasteiger partial charge in [-0.25, -0.2) is 0 Å². The molecule has 2 aliphatic rings. The largest absolute Gasteiger partial charge is 0.350 e. The van der Waals surface area contributed by atoms with Gasteiger partial charge in [0.25, 0.3) is 0 Å². The van der Waals surface area contributed by atoms with E-state index in [1.165, 1.54) is 6.42 Å². The van der Waals surface area contributed by atoms with Gasteiger partial charge < -0.3 is 20.5 Å². The van der Waals surface area contributed by atoms with Crippen molar-refractivity contribution in [1.82, 2.24) is 5.32 Å². The molecule has 0 aromatic heterocycles. The summed E-state index contributed by atoms with van der Waals surface area (Å²) in [6.45, 7) is 3.53. The average molecular weight is 186 g/mol. The molecule has 2 fully saturated rings. The highest BCUT2D eigenvalue weighted by atomic mass is 16.7. The lowest BCUT2D eigenvalue weighted by Gasteiger charge is -2.16. The van der Waals surface area contributed by atoms with Crippen molar-refractivity contribution in [3.8, 4) is 0 Å². The Kier molecular flexibility index (Phi) is 3.16. The van der Waals surface area contributed by atoms with Crippen LogP contribution >= 0.6 is 0 Å². The molecule has 0 radical (unpaired) electrons. The van der Waals surface area contributed by atoms with E-state index in [0.29, 0.717) is 12.5 Å². The summed E-state index contributed by atoms with van der Waals surface area (Å²) in [5.74, 6) is 0.544. The summed E-state index contributed by atoms with van der Waals surface area (Å²) < 4.78 is 11.3. The molecule has 4 nitrogen and oxygen atoms in total. The molecule has 3 atom stereocenters. The summed E-state index contributed by atoms with van der Waals surface area (Å²) in [7, 11) is 0. The molecule has 0 spiro atoms. The first-order valence-corrected chi connectivity index (χ1v) is 5.08. The fourth-order valence-corrected chi connectivity index (χ4v) is 1.96. The monoisotopic (exact) mass is 186 g/mol. The minimum Gasteiger partial charge on any atom is -0.350 e. The molecule has 3 unspecified atom stereocenters. The Morgan fingerprint density at radius 3 is 3.08 bits per heavy atom. The first kappa shape index (κ1) is 9.40. The molecule has 2 heterocycles. The normalized spacial score (nSPS) is 39.9. The zero-order valence-electron chi connectivity index (χ0n) is 7.87. The highest BCUT2D eigenvalue weighted by Crippen LogP contribution is 2.24. The van der Waals surface area contributed by atoms with Crippen LogP contribution in [0.25, 0.3) is 0 Å². The maximum absolute atomic E-state index is 5.74. The Bertz CT molecular complexity index is 160. The summed E-state index contributed by atoms with van der Waals surface area (Å²) in [4.78, 5) is 0. The van der Waals surface area contributed by atoms with Crippen molar-refractivity contribution < 1.29 is 9.47 Å². The fourth-order valence-electron chi connectivity index (χ4n) is 1.96. The van der Waals surface area contributed by atoms with Gasteiger partial charge in [-0.3, -0.25) is 0 Å². The van der Waals surface area contributed by atoms with Crippen LogP contribution in [0.4, 0.5) is 0 Å². The van der Waals surface area contributed by atoms with Crippen LogP contribution in [0.2, 0.25) is 0 Å². The SMILES string of the molecule is NCCC1COC(C2CCNC2)O1. The van der Waals surface area contributed by atoms with Gasteiger partial charge in [0.1, 0.15) is 0 Å². The maximum Gasteiger partial charge on any atom is 0.162 e. The summed E-state index contributed by atoms with van der Waals surface area (Å²) in [5, 5.41) is 3.31. The third-order valence-corrected chi connectivity index (χ3v) is 2.74. The van der Waals surface area contributed by atoms with Crippen LogP contribution in [0.15, 0.2) is 0 Å². The molecular formula is C9H18N2O2. The molecule has 4 heteroatoms. The molecule has 0 bridgehead atoms. The van der Waals surface area contributed by atoms with Gasteiger partial charge in [0, 0.05) is 12.5 Å². The predicted octanol–water partition coefficient (Wildman–Crippen LogP) is -0.314. The second-order valence-electron chi connectivity index (χ2n) is 3.79. The number of ether oxygens (including phenoxy) is 2. The number of hydrogen-bond donors (Lipinski definition) is 2. The molecule has 2 saturated heterocycles. The average Bonchev–Trinajstić information content (AvgIpc) is 2.70. The van der Waals surface area contributed by atoms with E-state index in [1.54, 1.807) is 0 Å². The maximum atomic E-state index is 5.74. The van der Waals surface area contributed by atoms with E-state index in [-0.39, 0.29) is 12.4 Å². The molecule has 0 saturated carbocycles. The van der Waals surface area contributed by atoms with Crippen LogP contribution in [0.3, 0.4) is 0 Å². The van der Waals surface area contributed by atoms with E-state index in [0.717, 1.165) is 26.1 Å². The molecule has 0 aliphatic carbocycles. The molecule has 0 aromatic rings. The van der Waals surface area contributed by atoms with Gasteiger partial charge in [0.15, 0.2) is 6.29 Å². The van der Waals surface area contributed by atoms with Gasteiger partial charge in [-0.2, -0.15) is 0 Å². The second kappa shape index (κ2) is 4.37. The van der Waals surface area contributed by atoms with Gasteiger partial charge in [-0.1, -0.05) is 0 Å². The standard InChI is InChI=1S/C9H18N2O2/c10-3-1-8-6-12-9(13-8)7-2-4-11-5-7/h7-9,11H,1-6,10H2. The fraction of sp³-hybridized carbons (Fsp3) is 1.00. The van der Waals surface area contributed by atoms with E-state index >= 15 is 0 Å². The van der Waals surface area contributed by atoms with Crippen molar-refractivity contribution in [2.45, 2.75) is 25.2 Å². The Balaban J connectivity index is 1.76. The number of nitrogens with two attached hydrogens (primary N) is 1. The third-order valence-electron chi connectivity index (χ3n) is 2.74. The highest BCUT2D eigenvalue weighted by molar-refractivity contribution is 4.78. The van der Waals surface area contributed by atoms with Crippen LogP contribution in [-0.2, 0) is 9.47 Å². The third kappa shape index (κ3) is 2.20. The first-order valence-electron chi connectivity index (χ1n) is 5.08. The smallest absolute Gasteiger partial charge is 0.162 e.